The molecule has 0 spiro atoms. The van der Waals surface area contributed by atoms with Gasteiger partial charge in [0.05, 0.1) is 6.04 Å². The third-order valence-corrected chi connectivity index (χ3v) is 4.28. The van der Waals surface area contributed by atoms with E-state index in [0.717, 1.165) is 5.02 Å². The van der Waals surface area contributed by atoms with E-state index in [2.05, 4.69) is 38.2 Å². The highest BCUT2D eigenvalue weighted by molar-refractivity contribution is 7.12. The van der Waals surface area contributed by atoms with Gasteiger partial charge in [0, 0.05) is 14.8 Å². The second-order valence-electron chi connectivity index (χ2n) is 4.65. The second-order valence-corrected chi connectivity index (χ2v) is 6.55. The van der Waals surface area contributed by atoms with Crippen LogP contribution in [0, 0.1) is 20.8 Å². The standard InChI is InChI=1S/C15H18ClNS/c1-9-5-12(8-13(16)6-9)15(17-4)14-7-10(2)18-11(14)3/h5-8,15,17H,1-4H3. The van der Waals surface area contributed by atoms with Crippen LogP contribution in [0.15, 0.2) is 24.3 Å². The molecule has 1 heterocycles. The van der Waals surface area contributed by atoms with Crippen molar-refractivity contribution in [1.29, 1.82) is 0 Å². The fourth-order valence-electron chi connectivity index (χ4n) is 2.37. The highest BCUT2D eigenvalue weighted by Gasteiger charge is 2.16. The van der Waals surface area contributed by atoms with Gasteiger partial charge in [0.2, 0.25) is 0 Å². The maximum Gasteiger partial charge on any atom is 0.0585 e. The van der Waals surface area contributed by atoms with Crippen molar-refractivity contribution in [1.82, 2.24) is 5.32 Å². The largest absolute Gasteiger partial charge is 0.309 e. The van der Waals surface area contributed by atoms with Crippen molar-refractivity contribution in [3.8, 4) is 0 Å². The van der Waals surface area contributed by atoms with Gasteiger partial charge in [0.1, 0.15) is 0 Å². The molecular weight excluding hydrogens is 262 g/mol. The van der Waals surface area contributed by atoms with E-state index in [9.17, 15) is 0 Å². The van der Waals surface area contributed by atoms with E-state index in [4.69, 9.17) is 11.6 Å². The number of rotatable bonds is 3. The predicted molar refractivity (Wildman–Crippen MR) is 80.9 cm³/mol. The van der Waals surface area contributed by atoms with E-state index in [1.807, 2.05) is 30.5 Å². The zero-order chi connectivity index (χ0) is 13.3. The van der Waals surface area contributed by atoms with Crippen molar-refractivity contribution in [3.63, 3.8) is 0 Å². The van der Waals surface area contributed by atoms with E-state index in [1.165, 1.54) is 26.4 Å². The molecule has 2 aromatic rings. The summed E-state index contributed by atoms with van der Waals surface area (Å²) in [4.78, 5) is 2.71. The third-order valence-electron chi connectivity index (χ3n) is 3.08. The van der Waals surface area contributed by atoms with Gasteiger partial charge in [-0.2, -0.15) is 0 Å². The molecule has 0 aliphatic heterocycles. The summed E-state index contributed by atoms with van der Waals surface area (Å²) < 4.78 is 0. The number of halogens is 1. The van der Waals surface area contributed by atoms with Crippen LogP contribution in [0.4, 0.5) is 0 Å². The molecule has 1 nitrogen and oxygen atoms in total. The van der Waals surface area contributed by atoms with E-state index < -0.39 is 0 Å². The first-order valence-electron chi connectivity index (χ1n) is 6.02. The summed E-state index contributed by atoms with van der Waals surface area (Å²) in [7, 11) is 1.99. The summed E-state index contributed by atoms with van der Waals surface area (Å²) in [6.45, 7) is 6.40. The van der Waals surface area contributed by atoms with Crippen LogP contribution in [-0.4, -0.2) is 7.05 Å². The minimum absolute atomic E-state index is 0.215. The molecule has 2 rings (SSSR count). The Morgan fingerprint density at radius 2 is 1.83 bits per heavy atom. The van der Waals surface area contributed by atoms with E-state index in [0.29, 0.717) is 0 Å². The highest BCUT2D eigenvalue weighted by atomic mass is 35.5. The quantitative estimate of drug-likeness (QED) is 0.863. The number of nitrogens with one attached hydrogen (secondary N) is 1. The normalized spacial score (nSPS) is 12.7. The van der Waals surface area contributed by atoms with Crippen LogP contribution in [0.3, 0.4) is 0 Å². The summed E-state index contributed by atoms with van der Waals surface area (Å²) in [6, 6.07) is 8.70. The molecule has 18 heavy (non-hydrogen) atoms. The Morgan fingerprint density at radius 3 is 2.33 bits per heavy atom. The van der Waals surface area contributed by atoms with Crippen molar-refractivity contribution in [2.75, 3.05) is 7.05 Å². The average molecular weight is 280 g/mol. The number of hydrogen-bond acceptors (Lipinski definition) is 2. The maximum absolute atomic E-state index is 6.16. The Hall–Kier alpha value is -0.830. The predicted octanol–water partition coefficient (Wildman–Crippen LogP) is 4.64. The molecule has 3 heteroatoms. The Morgan fingerprint density at radius 1 is 1.11 bits per heavy atom. The summed E-state index contributed by atoms with van der Waals surface area (Å²) in [5.74, 6) is 0. The molecule has 1 aromatic heterocycles. The van der Waals surface area contributed by atoms with Crippen molar-refractivity contribution in [2.45, 2.75) is 26.8 Å². The molecule has 0 aliphatic rings. The van der Waals surface area contributed by atoms with E-state index in [-0.39, 0.29) is 6.04 Å². The smallest absolute Gasteiger partial charge is 0.0585 e. The highest BCUT2D eigenvalue weighted by Crippen LogP contribution is 2.31. The molecule has 1 N–H and O–H groups in total. The molecule has 0 saturated carbocycles. The fourth-order valence-corrected chi connectivity index (χ4v) is 3.63. The summed E-state index contributed by atoms with van der Waals surface area (Å²) in [5, 5.41) is 4.19. The Balaban J connectivity index is 2.48. The van der Waals surface area contributed by atoms with Crippen molar-refractivity contribution < 1.29 is 0 Å². The first-order chi connectivity index (χ1) is 8.51. The molecule has 0 amide bonds. The van der Waals surface area contributed by atoms with Gasteiger partial charge in [0.15, 0.2) is 0 Å². The molecule has 1 atom stereocenters. The molecule has 0 saturated heterocycles. The number of benzene rings is 1. The van der Waals surface area contributed by atoms with Crippen molar-refractivity contribution in [3.05, 3.63) is 55.7 Å². The topological polar surface area (TPSA) is 12.0 Å². The summed E-state index contributed by atoms with van der Waals surface area (Å²) >= 11 is 8.00. The number of hydrogen-bond donors (Lipinski definition) is 1. The third kappa shape index (κ3) is 2.77. The first kappa shape index (κ1) is 13.6. The van der Waals surface area contributed by atoms with Gasteiger partial charge in [-0.3, -0.25) is 0 Å². The van der Waals surface area contributed by atoms with Crippen molar-refractivity contribution in [2.24, 2.45) is 0 Å². The van der Waals surface area contributed by atoms with Crippen LogP contribution >= 0.6 is 22.9 Å². The lowest BCUT2D eigenvalue weighted by molar-refractivity contribution is 0.690. The minimum Gasteiger partial charge on any atom is -0.309 e. The minimum atomic E-state index is 0.215. The molecule has 0 radical (unpaired) electrons. The van der Waals surface area contributed by atoms with Crippen LogP contribution in [0.2, 0.25) is 5.02 Å². The monoisotopic (exact) mass is 279 g/mol. The zero-order valence-electron chi connectivity index (χ0n) is 11.2. The van der Waals surface area contributed by atoms with E-state index in [1.54, 1.807) is 0 Å². The van der Waals surface area contributed by atoms with Gasteiger partial charge >= 0.3 is 0 Å². The number of thiophene rings is 1. The SMILES string of the molecule is CNC(c1cc(C)cc(Cl)c1)c1cc(C)sc1C. The van der Waals surface area contributed by atoms with Crippen molar-refractivity contribution >= 4 is 22.9 Å². The molecule has 1 unspecified atom stereocenters. The Labute approximate surface area is 118 Å². The van der Waals surface area contributed by atoms with Gasteiger partial charge in [-0.1, -0.05) is 17.7 Å². The summed E-state index contributed by atoms with van der Waals surface area (Å²) in [5.41, 5.74) is 3.77. The first-order valence-corrected chi connectivity index (χ1v) is 7.22. The number of aryl methyl sites for hydroxylation is 3. The van der Waals surface area contributed by atoms with Gasteiger partial charge in [-0.25, -0.2) is 0 Å². The molecule has 1 aromatic carbocycles. The Kier molecular flexibility index (Phi) is 4.10. The van der Waals surface area contributed by atoms with Gasteiger partial charge in [-0.05, 0) is 62.7 Å². The van der Waals surface area contributed by atoms with Crippen LogP contribution in [-0.2, 0) is 0 Å². The van der Waals surface area contributed by atoms with E-state index >= 15 is 0 Å². The van der Waals surface area contributed by atoms with Crippen LogP contribution < -0.4 is 5.32 Å². The lowest BCUT2D eigenvalue weighted by atomic mass is 9.98. The maximum atomic E-state index is 6.16. The molecular formula is C15H18ClNS. The summed E-state index contributed by atoms with van der Waals surface area (Å²) in [6.07, 6.45) is 0. The van der Waals surface area contributed by atoms with Crippen LogP contribution in [0.1, 0.15) is 32.5 Å². The Bertz CT molecular complexity index is 539. The second kappa shape index (κ2) is 5.43. The van der Waals surface area contributed by atoms with Gasteiger partial charge in [-0.15, -0.1) is 11.3 Å². The lowest BCUT2D eigenvalue weighted by Gasteiger charge is -2.18. The molecule has 0 fully saturated rings. The zero-order valence-corrected chi connectivity index (χ0v) is 12.7. The fraction of sp³-hybridized carbons (Fsp3) is 0.333. The molecule has 96 valence electrons. The molecule has 0 bridgehead atoms. The van der Waals surface area contributed by atoms with Crippen LogP contribution in [0.25, 0.3) is 0 Å². The lowest BCUT2D eigenvalue weighted by Crippen LogP contribution is -2.18. The van der Waals surface area contributed by atoms with Crippen LogP contribution in [0.5, 0.6) is 0 Å². The van der Waals surface area contributed by atoms with Gasteiger partial charge < -0.3 is 5.32 Å². The molecule has 0 aliphatic carbocycles. The van der Waals surface area contributed by atoms with Gasteiger partial charge in [0.25, 0.3) is 0 Å². The average Bonchev–Trinajstić information content (AvgIpc) is 2.58.